The van der Waals surface area contributed by atoms with Crippen LogP contribution in [-0.4, -0.2) is 11.5 Å². The summed E-state index contributed by atoms with van der Waals surface area (Å²) in [5.74, 6) is 0.865. The quantitative estimate of drug-likeness (QED) is 0.655. The lowest BCUT2D eigenvalue weighted by atomic mass is 9.97. The molecule has 1 unspecified atom stereocenters. The summed E-state index contributed by atoms with van der Waals surface area (Å²) in [4.78, 5) is 3.09. The molecular weight excluding hydrogens is 196 g/mol. The Morgan fingerprint density at radius 2 is 2.12 bits per heavy atom. The Bertz CT molecular complexity index is 241. The summed E-state index contributed by atoms with van der Waals surface area (Å²) in [6.07, 6.45) is 10.8. The molecule has 1 aromatic rings. The molecule has 0 fully saturated rings. The molecule has 1 heterocycles. The smallest absolute Gasteiger partial charge is 0.0220 e. The lowest BCUT2D eigenvalue weighted by Gasteiger charge is -2.16. The molecule has 16 heavy (non-hydrogen) atoms. The Kier molecular flexibility index (Phi) is 6.98. The van der Waals surface area contributed by atoms with E-state index in [1.165, 1.54) is 44.2 Å². The molecule has 0 bridgehead atoms. The molecule has 1 atom stereocenters. The van der Waals surface area contributed by atoms with Crippen LogP contribution in [-0.2, 0) is 6.54 Å². The molecule has 0 aliphatic carbocycles. The predicted octanol–water partition coefficient (Wildman–Crippen LogP) is 3.71. The highest BCUT2D eigenvalue weighted by atomic mass is 14.9. The monoisotopic (exact) mass is 222 g/mol. The molecule has 0 aliphatic heterocycles. The highest BCUT2D eigenvalue weighted by Gasteiger charge is 2.06. The highest BCUT2D eigenvalue weighted by Crippen LogP contribution is 2.14. The van der Waals surface area contributed by atoms with Crippen LogP contribution in [0.5, 0.6) is 0 Å². The fourth-order valence-corrected chi connectivity index (χ4v) is 2.14. The summed E-state index contributed by atoms with van der Waals surface area (Å²) in [5, 5.41) is 3.56. The lowest BCUT2D eigenvalue weighted by Crippen LogP contribution is -2.22. The van der Waals surface area contributed by atoms with Crippen LogP contribution < -0.4 is 5.32 Å². The number of unbranched alkanes of at least 4 members (excludes halogenated alkanes) is 1. The van der Waals surface area contributed by atoms with Gasteiger partial charge < -0.3 is 10.3 Å². The Morgan fingerprint density at radius 3 is 2.75 bits per heavy atom. The maximum absolute atomic E-state index is 3.56. The molecule has 0 radical (unpaired) electrons. The van der Waals surface area contributed by atoms with Gasteiger partial charge in [-0.2, -0.15) is 0 Å². The third-order valence-electron chi connectivity index (χ3n) is 3.09. The van der Waals surface area contributed by atoms with Crippen LogP contribution in [0.2, 0.25) is 0 Å². The van der Waals surface area contributed by atoms with Crippen molar-refractivity contribution in [2.24, 2.45) is 5.92 Å². The van der Waals surface area contributed by atoms with Gasteiger partial charge >= 0.3 is 0 Å². The topological polar surface area (TPSA) is 27.8 Å². The van der Waals surface area contributed by atoms with Crippen LogP contribution in [0.1, 0.15) is 51.5 Å². The van der Waals surface area contributed by atoms with Crippen LogP contribution in [0.25, 0.3) is 0 Å². The van der Waals surface area contributed by atoms with Crippen molar-refractivity contribution in [2.75, 3.05) is 6.54 Å². The van der Waals surface area contributed by atoms with E-state index in [1.807, 2.05) is 6.20 Å². The maximum atomic E-state index is 3.56. The van der Waals surface area contributed by atoms with Crippen molar-refractivity contribution in [1.82, 2.24) is 10.3 Å². The Hall–Kier alpha value is -0.760. The number of H-pyrrole nitrogens is 1. The summed E-state index contributed by atoms with van der Waals surface area (Å²) in [6.45, 7) is 6.72. The van der Waals surface area contributed by atoms with E-state index < -0.39 is 0 Å². The fourth-order valence-electron chi connectivity index (χ4n) is 2.14. The van der Waals surface area contributed by atoms with Gasteiger partial charge in [-0.25, -0.2) is 0 Å². The summed E-state index contributed by atoms with van der Waals surface area (Å²) in [6, 6.07) is 2.13. The number of aromatic amines is 1. The third kappa shape index (κ3) is 5.36. The van der Waals surface area contributed by atoms with Crippen molar-refractivity contribution in [3.05, 3.63) is 24.0 Å². The van der Waals surface area contributed by atoms with Gasteiger partial charge in [-0.1, -0.05) is 33.1 Å². The van der Waals surface area contributed by atoms with E-state index in [1.54, 1.807) is 0 Å². The number of rotatable bonds is 9. The average Bonchev–Trinajstić information content (AvgIpc) is 2.79. The predicted molar refractivity (Wildman–Crippen MR) is 70.4 cm³/mol. The first-order valence-electron chi connectivity index (χ1n) is 6.69. The van der Waals surface area contributed by atoms with Gasteiger partial charge in [0, 0.05) is 18.9 Å². The summed E-state index contributed by atoms with van der Waals surface area (Å²) >= 11 is 0. The number of hydrogen-bond acceptors (Lipinski definition) is 1. The largest absolute Gasteiger partial charge is 0.367 e. The molecule has 2 nitrogen and oxygen atoms in total. The van der Waals surface area contributed by atoms with Crippen molar-refractivity contribution in [2.45, 2.75) is 52.5 Å². The SMILES string of the molecule is CCCCC(CCC)CNCc1cc[nH]c1. The molecule has 2 heteroatoms. The van der Waals surface area contributed by atoms with Gasteiger partial charge in [0.2, 0.25) is 0 Å². The molecule has 92 valence electrons. The van der Waals surface area contributed by atoms with Gasteiger partial charge in [-0.15, -0.1) is 0 Å². The van der Waals surface area contributed by atoms with Crippen LogP contribution in [0, 0.1) is 5.92 Å². The van der Waals surface area contributed by atoms with Gasteiger partial charge in [-0.3, -0.25) is 0 Å². The first-order valence-corrected chi connectivity index (χ1v) is 6.69. The van der Waals surface area contributed by atoms with Gasteiger partial charge in [0.25, 0.3) is 0 Å². The van der Waals surface area contributed by atoms with E-state index in [9.17, 15) is 0 Å². The van der Waals surface area contributed by atoms with Gasteiger partial charge in [0.1, 0.15) is 0 Å². The maximum Gasteiger partial charge on any atom is 0.0220 e. The second-order valence-electron chi connectivity index (χ2n) is 4.65. The van der Waals surface area contributed by atoms with Crippen LogP contribution in [0.15, 0.2) is 18.5 Å². The lowest BCUT2D eigenvalue weighted by molar-refractivity contribution is 0.401. The molecule has 0 saturated heterocycles. The normalized spacial score (nSPS) is 12.9. The minimum atomic E-state index is 0.865. The van der Waals surface area contributed by atoms with Gasteiger partial charge in [0.15, 0.2) is 0 Å². The molecular formula is C14H26N2. The minimum Gasteiger partial charge on any atom is -0.367 e. The second kappa shape index (κ2) is 8.40. The highest BCUT2D eigenvalue weighted by molar-refractivity contribution is 5.07. The Balaban J connectivity index is 2.15. The van der Waals surface area contributed by atoms with Crippen LogP contribution in [0.4, 0.5) is 0 Å². The molecule has 1 aromatic heterocycles. The molecule has 0 amide bonds. The molecule has 0 saturated carbocycles. The molecule has 2 N–H and O–H groups in total. The van der Waals surface area contributed by atoms with Crippen LogP contribution in [0.3, 0.4) is 0 Å². The Labute approximate surface area is 99.8 Å². The zero-order valence-corrected chi connectivity index (χ0v) is 10.8. The van der Waals surface area contributed by atoms with Crippen molar-refractivity contribution < 1.29 is 0 Å². The zero-order chi connectivity index (χ0) is 11.6. The van der Waals surface area contributed by atoms with Crippen LogP contribution >= 0.6 is 0 Å². The molecule has 1 rings (SSSR count). The minimum absolute atomic E-state index is 0.865. The van der Waals surface area contributed by atoms with Crippen molar-refractivity contribution >= 4 is 0 Å². The Morgan fingerprint density at radius 1 is 1.25 bits per heavy atom. The second-order valence-corrected chi connectivity index (χ2v) is 4.65. The first kappa shape index (κ1) is 13.3. The summed E-state index contributed by atoms with van der Waals surface area (Å²) in [5.41, 5.74) is 1.35. The van der Waals surface area contributed by atoms with Crippen molar-refractivity contribution in [1.29, 1.82) is 0 Å². The van der Waals surface area contributed by atoms with Gasteiger partial charge in [0.05, 0.1) is 0 Å². The van der Waals surface area contributed by atoms with Crippen molar-refractivity contribution in [3.8, 4) is 0 Å². The van der Waals surface area contributed by atoms with E-state index >= 15 is 0 Å². The zero-order valence-electron chi connectivity index (χ0n) is 10.8. The third-order valence-corrected chi connectivity index (χ3v) is 3.09. The molecule has 0 aromatic carbocycles. The van der Waals surface area contributed by atoms with E-state index in [0.29, 0.717) is 0 Å². The molecule has 0 aliphatic rings. The van der Waals surface area contributed by atoms with Crippen molar-refractivity contribution in [3.63, 3.8) is 0 Å². The average molecular weight is 222 g/mol. The van der Waals surface area contributed by atoms with E-state index in [2.05, 4.69) is 36.4 Å². The number of nitrogens with one attached hydrogen (secondary N) is 2. The standard InChI is InChI=1S/C14H26N2/c1-3-5-7-13(6-4-2)10-16-12-14-8-9-15-11-14/h8-9,11,13,15-16H,3-7,10,12H2,1-2H3. The summed E-state index contributed by atoms with van der Waals surface area (Å²) in [7, 11) is 0. The fraction of sp³-hybridized carbons (Fsp3) is 0.714. The number of aromatic nitrogens is 1. The van der Waals surface area contributed by atoms with E-state index in [-0.39, 0.29) is 0 Å². The van der Waals surface area contributed by atoms with E-state index in [0.717, 1.165) is 12.5 Å². The van der Waals surface area contributed by atoms with Gasteiger partial charge in [-0.05, 0) is 36.9 Å². The summed E-state index contributed by atoms with van der Waals surface area (Å²) < 4.78 is 0. The molecule has 0 spiro atoms. The van der Waals surface area contributed by atoms with E-state index in [4.69, 9.17) is 0 Å². The first-order chi connectivity index (χ1) is 7.86. The number of hydrogen-bond donors (Lipinski definition) is 2.